The number of pyridine rings is 1. The Balaban J connectivity index is 1.07. The fraction of sp³-hybridized carbons (Fsp3) is 0.514. The van der Waals surface area contributed by atoms with E-state index in [-0.39, 0.29) is 17.6 Å². The SMILES string of the molecule is C[C@@]12CCC[C@H]1[C@@H]1CCC3=CC(=O)CC(c4ccc(C(=O)N5CCN(Cc6ccccn6)CC5)cc4)C3=C1CC2. The molecule has 40 heavy (non-hydrogen) atoms. The first kappa shape index (κ1) is 25.9. The third kappa shape index (κ3) is 4.66. The molecule has 1 unspecified atom stereocenters. The number of aromatic nitrogens is 1. The first-order chi connectivity index (χ1) is 19.5. The highest BCUT2D eigenvalue weighted by molar-refractivity contribution is 5.95. The molecule has 1 aromatic carbocycles. The van der Waals surface area contributed by atoms with Gasteiger partial charge in [0.2, 0.25) is 0 Å². The van der Waals surface area contributed by atoms with E-state index in [2.05, 4.69) is 35.0 Å². The fourth-order valence-corrected chi connectivity index (χ4v) is 8.78. The van der Waals surface area contributed by atoms with Crippen molar-refractivity contribution in [1.29, 1.82) is 0 Å². The van der Waals surface area contributed by atoms with Gasteiger partial charge in [0.1, 0.15) is 0 Å². The molecule has 5 heteroatoms. The highest BCUT2D eigenvalue weighted by Gasteiger charge is 2.49. The largest absolute Gasteiger partial charge is 0.336 e. The maximum atomic E-state index is 13.4. The van der Waals surface area contributed by atoms with Crippen molar-refractivity contribution in [2.75, 3.05) is 26.2 Å². The number of allylic oxidation sites excluding steroid dienone is 4. The van der Waals surface area contributed by atoms with Crippen LogP contribution in [0.3, 0.4) is 0 Å². The predicted octanol–water partition coefficient (Wildman–Crippen LogP) is 6.33. The van der Waals surface area contributed by atoms with Crippen LogP contribution in [0.2, 0.25) is 0 Å². The van der Waals surface area contributed by atoms with Crippen molar-refractivity contribution in [3.8, 4) is 0 Å². The van der Waals surface area contributed by atoms with Crippen molar-refractivity contribution in [3.63, 3.8) is 0 Å². The molecule has 1 saturated heterocycles. The molecule has 2 aromatic rings. The van der Waals surface area contributed by atoms with Gasteiger partial charge in [0.25, 0.3) is 5.91 Å². The number of carbonyl (C=O) groups excluding carboxylic acids is 2. The first-order valence-corrected chi connectivity index (χ1v) is 15.5. The Morgan fingerprint density at radius 1 is 1.00 bits per heavy atom. The minimum Gasteiger partial charge on any atom is -0.336 e. The molecular formula is C35H41N3O2. The third-order valence-corrected chi connectivity index (χ3v) is 10.9. The molecule has 4 aliphatic carbocycles. The molecule has 0 radical (unpaired) electrons. The second kappa shape index (κ2) is 10.4. The van der Waals surface area contributed by atoms with Gasteiger partial charge in [-0.15, -0.1) is 0 Å². The monoisotopic (exact) mass is 535 g/mol. The van der Waals surface area contributed by atoms with Crippen LogP contribution in [0.25, 0.3) is 0 Å². The zero-order valence-electron chi connectivity index (χ0n) is 23.8. The molecule has 7 rings (SSSR count). The van der Waals surface area contributed by atoms with Gasteiger partial charge < -0.3 is 4.90 Å². The van der Waals surface area contributed by atoms with Crippen molar-refractivity contribution in [2.24, 2.45) is 17.3 Å². The van der Waals surface area contributed by atoms with Crippen LogP contribution in [-0.4, -0.2) is 52.7 Å². The Kier molecular flexibility index (Phi) is 6.74. The Labute approximate surface area is 238 Å². The number of carbonyl (C=O) groups is 2. The summed E-state index contributed by atoms with van der Waals surface area (Å²) in [6.07, 6.45) is 13.2. The van der Waals surface area contributed by atoms with Crippen molar-refractivity contribution < 1.29 is 9.59 Å². The van der Waals surface area contributed by atoms with Crippen LogP contribution < -0.4 is 0 Å². The summed E-state index contributed by atoms with van der Waals surface area (Å²) in [6.45, 7) is 6.55. The Hall–Kier alpha value is -3.05. The van der Waals surface area contributed by atoms with Crippen LogP contribution in [0.1, 0.15) is 85.8 Å². The van der Waals surface area contributed by atoms with Crippen molar-refractivity contribution in [2.45, 2.75) is 70.8 Å². The summed E-state index contributed by atoms with van der Waals surface area (Å²) in [6, 6.07) is 14.3. The van der Waals surface area contributed by atoms with Gasteiger partial charge >= 0.3 is 0 Å². The molecule has 5 aliphatic rings. The third-order valence-electron chi connectivity index (χ3n) is 10.9. The second-order valence-electron chi connectivity index (χ2n) is 13.1. The van der Waals surface area contributed by atoms with Crippen LogP contribution in [0.4, 0.5) is 0 Å². The molecular weight excluding hydrogens is 494 g/mol. The number of benzene rings is 1. The van der Waals surface area contributed by atoms with E-state index in [1.54, 1.807) is 5.57 Å². The lowest BCUT2D eigenvalue weighted by molar-refractivity contribution is -0.115. The number of rotatable bonds is 4. The van der Waals surface area contributed by atoms with Gasteiger partial charge in [0.05, 0.1) is 5.69 Å². The molecule has 2 heterocycles. The van der Waals surface area contributed by atoms with Crippen molar-refractivity contribution >= 4 is 11.7 Å². The number of hydrogen-bond acceptors (Lipinski definition) is 4. The number of fused-ring (bicyclic) bond motifs is 4. The minimum atomic E-state index is 0.108. The van der Waals surface area contributed by atoms with Crippen molar-refractivity contribution in [1.82, 2.24) is 14.8 Å². The van der Waals surface area contributed by atoms with Gasteiger partial charge in [-0.1, -0.05) is 37.1 Å². The van der Waals surface area contributed by atoms with Gasteiger partial charge in [0, 0.05) is 56.8 Å². The summed E-state index contributed by atoms with van der Waals surface area (Å²) in [5, 5.41) is 0. The number of hydrogen-bond donors (Lipinski definition) is 0. The molecule has 5 nitrogen and oxygen atoms in total. The van der Waals surface area contributed by atoms with E-state index in [0.29, 0.717) is 17.8 Å². The first-order valence-electron chi connectivity index (χ1n) is 15.5. The van der Waals surface area contributed by atoms with Crippen LogP contribution in [-0.2, 0) is 11.3 Å². The van der Waals surface area contributed by atoms with Gasteiger partial charge in [-0.25, -0.2) is 0 Å². The number of amides is 1. The van der Waals surface area contributed by atoms with E-state index < -0.39 is 0 Å². The molecule has 0 spiro atoms. The molecule has 2 saturated carbocycles. The highest BCUT2D eigenvalue weighted by atomic mass is 16.2. The molecule has 1 aromatic heterocycles. The van der Waals surface area contributed by atoms with E-state index in [1.165, 1.54) is 55.2 Å². The summed E-state index contributed by atoms with van der Waals surface area (Å²) < 4.78 is 0. The molecule has 0 bridgehead atoms. The molecule has 3 fully saturated rings. The summed E-state index contributed by atoms with van der Waals surface area (Å²) in [5.41, 5.74) is 8.00. The summed E-state index contributed by atoms with van der Waals surface area (Å²) in [5.74, 6) is 2.01. The van der Waals surface area contributed by atoms with E-state index in [0.717, 1.165) is 56.3 Å². The number of piperazine rings is 1. The highest BCUT2D eigenvalue weighted by Crippen LogP contribution is 2.61. The second-order valence-corrected chi connectivity index (χ2v) is 13.1. The zero-order valence-corrected chi connectivity index (χ0v) is 23.8. The molecule has 0 N–H and O–H groups in total. The number of nitrogens with zero attached hydrogens (tertiary/aromatic N) is 3. The summed E-state index contributed by atoms with van der Waals surface area (Å²) >= 11 is 0. The standard InChI is InChI=1S/C35H41N3O2/c1-35-14-4-6-32(35)29-12-11-26-21-28(39)22-31(33(26)30(29)13-15-35)24-7-9-25(10-8-24)34(40)38-19-17-37(18-20-38)23-27-5-2-3-16-36-27/h2-3,5,7-10,16,21,29,31-32H,4,6,11-15,17-20,22-23H2,1H3/t29-,31?,32+,35+/m1/s1. The Morgan fingerprint density at radius 3 is 2.60 bits per heavy atom. The Bertz CT molecular complexity index is 1350. The lowest BCUT2D eigenvalue weighted by Crippen LogP contribution is -2.48. The van der Waals surface area contributed by atoms with E-state index in [9.17, 15) is 9.59 Å². The predicted molar refractivity (Wildman–Crippen MR) is 157 cm³/mol. The van der Waals surface area contributed by atoms with E-state index in [1.807, 2.05) is 41.4 Å². The quantitative estimate of drug-likeness (QED) is 0.459. The maximum Gasteiger partial charge on any atom is 0.253 e. The summed E-state index contributed by atoms with van der Waals surface area (Å²) in [7, 11) is 0. The van der Waals surface area contributed by atoms with Crippen LogP contribution >= 0.6 is 0 Å². The van der Waals surface area contributed by atoms with Gasteiger partial charge in [-0.05, 0) is 103 Å². The molecule has 208 valence electrons. The average Bonchev–Trinajstić information content (AvgIpc) is 3.39. The molecule has 1 amide bonds. The average molecular weight is 536 g/mol. The van der Waals surface area contributed by atoms with Crippen LogP contribution in [0, 0.1) is 17.3 Å². The van der Waals surface area contributed by atoms with E-state index in [4.69, 9.17) is 0 Å². The van der Waals surface area contributed by atoms with Crippen molar-refractivity contribution in [3.05, 3.63) is 88.3 Å². The minimum absolute atomic E-state index is 0.108. The normalized spacial score (nSPS) is 30.4. The number of ketones is 1. The fourth-order valence-electron chi connectivity index (χ4n) is 8.78. The molecule has 4 atom stereocenters. The van der Waals surface area contributed by atoms with Crippen LogP contribution in [0.15, 0.2) is 71.5 Å². The molecule has 1 aliphatic heterocycles. The van der Waals surface area contributed by atoms with Gasteiger partial charge in [-0.2, -0.15) is 0 Å². The lowest BCUT2D eigenvalue weighted by atomic mass is 9.56. The van der Waals surface area contributed by atoms with Gasteiger partial charge in [0.15, 0.2) is 5.78 Å². The zero-order chi connectivity index (χ0) is 27.3. The van der Waals surface area contributed by atoms with Gasteiger partial charge in [-0.3, -0.25) is 19.5 Å². The smallest absolute Gasteiger partial charge is 0.253 e. The Morgan fingerprint density at radius 2 is 1.82 bits per heavy atom. The topological polar surface area (TPSA) is 53.5 Å². The maximum absolute atomic E-state index is 13.4. The summed E-state index contributed by atoms with van der Waals surface area (Å²) in [4.78, 5) is 35.0. The van der Waals surface area contributed by atoms with E-state index >= 15 is 0 Å². The lowest BCUT2D eigenvalue weighted by Gasteiger charge is -2.48. The van der Waals surface area contributed by atoms with Crippen LogP contribution in [0.5, 0.6) is 0 Å².